The molecule has 0 radical (unpaired) electrons. The van der Waals surface area contributed by atoms with Gasteiger partial charge in [-0.3, -0.25) is 9.89 Å². The van der Waals surface area contributed by atoms with E-state index in [1.54, 1.807) is 6.20 Å². The highest BCUT2D eigenvalue weighted by Crippen LogP contribution is 2.16. The fourth-order valence-corrected chi connectivity index (χ4v) is 2.44. The molecule has 1 aliphatic rings. The Labute approximate surface area is 135 Å². The van der Waals surface area contributed by atoms with Gasteiger partial charge in [0.1, 0.15) is 0 Å². The summed E-state index contributed by atoms with van der Waals surface area (Å²) in [6.07, 6.45) is 1.61. The summed E-state index contributed by atoms with van der Waals surface area (Å²) in [6.45, 7) is 6.33. The predicted octanol–water partition coefficient (Wildman–Crippen LogP) is 1.54. The van der Waals surface area contributed by atoms with Gasteiger partial charge in [0, 0.05) is 43.0 Å². The van der Waals surface area contributed by atoms with E-state index in [1.807, 2.05) is 17.9 Å². The van der Waals surface area contributed by atoms with Crippen molar-refractivity contribution in [3.63, 3.8) is 0 Å². The highest BCUT2D eigenvalue weighted by Gasteiger charge is 2.22. The molecule has 2 aromatic rings. The molecule has 2 aromatic heterocycles. The maximum Gasteiger partial charge on any atom is 0.255 e. The molecule has 3 heterocycles. The Hall–Kier alpha value is -1.37. The number of aromatic amines is 1. The number of hydrogen-bond donors (Lipinski definition) is 2. The quantitative estimate of drug-likeness (QED) is 0.831. The molecule has 0 saturated carbocycles. The molecule has 21 heavy (non-hydrogen) atoms. The van der Waals surface area contributed by atoms with Crippen molar-refractivity contribution in [1.82, 2.24) is 25.4 Å². The number of pyridine rings is 1. The zero-order valence-electron chi connectivity index (χ0n) is 11.9. The van der Waals surface area contributed by atoms with E-state index in [9.17, 15) is 4.79 Å². The molecule has 6 nitrogen and oxygen atoms in total. The Kier molecular flexibility index (Phi) is 5.95. The van der Waals surface area contributed by atoms with Crippen LogP contribution in [-0.2, 0) is 0 Å². The molecule has 1 saturated heterocycles. The van der Waals surface area contributed by atoms with Gasteiger partial charge in [0.05, 0.1) is 5.56 Å². The van der Waals surface area contributed by atoms with Gasteiger partial charge < -0.3 is 10.2 Å². The Morgan fingerprint density at radius 3 is 2.90 bits per heavy atom. The molecule has 3 rings (SSSR count). The fourth-order valence-electron chi connectivity index (χ4n) is 2.44. The number of rotatable bonds is 1. The predicted molar refractivity (Wildman–Crippen MR) is 86.5 cm³/mol. The zero-order valence-corrected chi connectivity index (χ0v) is 13.6. The van der Waals surface area contributed by atoms with Crippen LogP contribution in [-0.4, -0.2) is 51.7 Å². The number of aryl methyl sites for hydroxylation is 1. The Bertz CT molecular complexity index is 630. The van der Waals surface area contributed by atoms with E-state index in [0.29, 0.717) is 17.3 Å². The number of aromatic nitrogens is 3. The van der Waals surface area contributed by atoms with Crippen molar-refractivity contribution in [2.75, 3.05) is 19.6 Å². The third-order valence-electron chi connectivity index (χ3n) is 3.50. The average Bonchev–Trinajstić information content (AvgIpc) is 2.79. The van der Waals surface area contributed by atoms with Gasteiger partial charge in [-0.05, 0) is 19.9 Å². The number of H-pyrrole nitrogens is 1. The third-order valence-corrected chi connectivity index (χ3v) is 3.50. The number of carbonyl (C=O) groups excluding carboxylic acids is 1. The van der Waals surface area contributed by atoms with E-state index < -0.39 is 0 Å². The van der Waals surface area contributed by atoms with Gasteiger partial charge >= 0.3 is 0 Å². The van der Waals surface area contributed by atoms with Crippen LogP contribution >= 0.6 is 24.8 Å². The lowest BCUT2D eigenvalue weighted by Crippen LogP contribution is -2.51. The summed E-state index contributed by atoms with van der Waals surface area (Å²) in [7, 11) is 0. The normalized spacial score (nSPS) is 18.0. The van der Waals surface area contributed by atoms with Crippen LogP contribution in [0.1, 0.15) is 23.0 Å². The number of carbonyl (C=O) groups is 1. The van der Waals surface area contributed by atoms with Crippen LogP contribution in [0.25, 0.3) is 11.0 Å². The van der Waals surface area contributed by atoms with Gasteiger partial charge in [-0.1, -0.05) is 0 Å². The second kappa shape index (κ2) is 7.06. The topological polar surface area (TPSA) is 73.9 Å². The molecule has 0 spiro atoms. The van der Waals surface area contributed by atoms with Crippen molar-refractivity contribution in [3.8, 4) is 0 Å². The number of nitrogens with one attached hydrogen (secondary N) is 2. The lowest BCUT2D eigenvalue weighted by Gasteiger charge is -2.31. The number of nitrogens with zero attached hydrogens (tertiary/aromatic N) is 3. The van der Waals surface area contributed by atoms with E-state index in [2.05, 4.69) is 27.4 Å². The summed E-state index contributed by atoms with van der Waals surface area (Å²) in [5.41, 5.74) is 2.22. The molecular weight excluding hydrogens is 313 g/mol. The first kappa shape index (κ1) is 17.7. The van der Waals surface area contributed by atoms with E-state index in [1.165, 1.54) is 0 Å². The molecule has 1 aliphatic heterocycles. The summed E-state index contributed by atoms with van der Waals surface area (Å²) in [5, 5.41) is 11.2. The third kappa shape index (κ3) is 3.45. The molecule has 0 aromatic carbocycles. The minimum atomic E-state index is 0. The second-order valence-electron chi connectivity index (χ2n) is 5.05. The van der Waals surface area contributed by atoms with Gasteiger partial charge in [-0.15, -0.1) is 24.8 Å². The molecule has 1 atom stereocenters. The molecule has 1 unspecified atom stereocenters. The van der Waals surface area contributed by atoms with Crippen LogP contribution in [0.4, 0.5) is 0 Å². The van der Waals surface area contributed by atoms with Crippen molar-refractivity contribution >= 4 is 41.8 Å². The summed E-state index contributed by atoms with van der Waals surface area (Å²) >= 11 is 0. The van der Waals surface area contributed by atoms with E-state index in [4.69, 9.17) is 0 Å². The number of halogens is 2. The standard InChI is InChI=1S/C13H17N5O.2ClH/c1-8-7-18(4-3-14-8)13(19)10-5-11-9(2)16-17-12(11)15-6-10;;/h5-6,8,14H,3-4,7H2,1-2H3,(H,15,16,17);2*1H. The molecule has 0 aliphatic carbocycles. The lowest BCUT2D eigenvalue weighted by atomic mass is 10.1. The highest BCUT2D eigenvalue weighted by molar-refractivity contribution is 5.97. The Morgan fingerprint density at radius 2 is 2.19 bits per heavy atom. The largest absolute Gasteiger partial charge is 0.336 e. The first-order chi connectivity index (χ1) is 9.15. The van der Waals surface area contributed by atoms with Gasteiger partial charge in [-0.2, -0.15) is 5.10 Å². The van der Waals surface area contributed by atoms with Crippen LogP contribution < -0.4 is 5.32 Å². The minimum absolute atomic E-state index is 0. The van der Waals surface area contributed by atoms with E-state index in [-0.39, 0.29) is 30.7 Å². The van der Waals surface area contributed by atoms with E-state index >= 15 is 0 Å². The minimum Gasteiger partial charge on any atom is -0.336 e. The maximum atomic E-state index is 12.4. The first-order valence-corrected chi connectivity index (χ1v) is 6.48. The van der Waals surface area contributed by atoms with Gasteiger partial charge in [0.15, 0.2) is 5.65 Å². The van der Waals surface area contributed by atoms with Crippen LogP contribution in [0.3, 0.4) is 0 Å². The van der Waals surface area contributed by atoms with E-state index in [0.717, 1.165) is 30.7 Å². The number of fused-ring (bicyclic) bond motifs is 1. The van der Waals surface area contributed by atoms with Gasteiger partial charge in [-0.25, -0.2) is 4.98 Å². The molecule has 0 bridgehead atoms. The monoisotopic (exact) mass is 331 g/mol. The summed E-state index contributed by atoms with van der Waals surface area (Å²) in [5.74, 6) is 0.0448. The van der Waals surface area contributed by atoms with Crippen molar-refractivity contribution in [2.45, 2.75) is 19.9 Å². The SMILES string of the molecule is Cc1[nH]nc2ncc(C(=O)N3CCNC(C)C3)cc12.Cl.Cl. The summed E-state index contributed by atoms with van der Waals surface area (Å²) in [6, 6.07) is 2.21. The number of hydrogen-bond acceptors (Lipinski definition) is 4. The number of amides is 1. The summed E-state index contributed by atoms with van der Waals surface area (Å²) in [4.78, 5) is 18.6. The van der Waals surface area contributed by atoms with Crippen LogP contribution in [0.5, 0.6) is 0 Å². The van der Waals surface area contributed by atoms with Gasteiger partial charge in [0.2, 0.25) is 0 Å². The fraction of sp³-hybridized carbons (Fsp3) is 0.462. The lowest BCUT2D eigenvalue weighted by molar-refractivity contribution is 0.0709. The molecule has 8 heteroatoms. The second-order valence-corrected chi connectivity index (χ2v) is 5.05. The van der Waals surface area contributed by atoms with Crippen molar-refractivity contribution < 1.29 is 4.79 Å². The molecule has 116 valence electrons. The van der Waals surface area contributed by atoms with Gasteiger partial charge in [0.25, 0.3) is 5.91 Å². The van der Waals surface area contributed by atoms with Crippen LogP contribution in [0, 0.1) is 6.92 Å². The van der Waals surface area contributed by atoms with Crippen LogP contribution in [0.2, 0.25) is 0 Å². The highest BCUT2D eigenvalue weighted by atomic mass is 35.5. The maximum absolute atomic E-state index is 12.4. The number of piperazine rings is 1. The Balaban J connectivity index is 0.00000110. The Morgan fingerprint density at radius 1 is 1.43 bits per heavy atom. The zero-order chi connectivity index (χ0) is 13.4. The molecule has 1 fully saturated rings. The average molecular weight is 332 g/mol. The van der Waals surface area contributed by atoms with Crippen molar-refractivity contribution in [3.05, 3.63) is 23.5 Å². The van der Waals surface area contributed by atoms with Crippen molar-refractivity contribution in [1.29, 1.82) is 0 Å². The summed E-state index contributed by atoms with van der Waals surface area (Å²) < 4.78 is 0. The molecule has 2 N–H and O–H groups in total. The first-order valence-electron chi connectivity index (χ1n) is 6.48. The van der Waals surface area contributed by atoms with Crippen molar-refractivity contribution in [2.24, 2.45) is 0 Å². The smallest absolute Gasteiger partial charge is 0.255 e. The molecular formula is C13H19Cl2N5O. The van der Waals surface area contributed by atoms with Crippen LogP contribution in [0.15, 0.2) is 12.3 Å². The molecule has 1 amide bonds.